The Morgan fingerprint density at radius 2 is 1.94 bits per heavy atom. The van der Waals surface area contributed by atoms with Crippen LogP contribution in [0.25, 0.3) is 0 Å². The quantitative estimate of drug-likeness (QED) is 0.520. The van der Waals surface area contributed by atoms with Gasteiger partial charge in [0.15, 0.2) is 6.10 Å². The van der Waals surface area contributed by atoms with Crippen LogP contribution in [0.2, 0.25) is 0 Å². The Kier molecular flexibility index (Phi) is 8.30. The van der Waals surface area contributed by atoms with E-state index in [-0.39, 0.29) is 18.0 Å². The number of hydrogen-bond donors (Lipinski definition) is 1. The SMILES string of the molecule is CCCCNC(=O)C1c2ccc(OC)cc2OC(C(C)C)C(=O)N1Cc1cccc(C(F)(F)F)c1. The lowest BCUT2D eigenvalue weighted by Gasteiger charge is -2.31. The van der Waals surface area contributed by atoms with Gasteiger partial charge in [-0.1, -0.05) is 39.3 Å². The van der Waals surface area contributed by atoms with E-state index in [4.69, 9.17) is 9.47 Å². The van der Waals surface area contributed by atoms with E-state index < -0.39 is 35.7 Å². The van der Waals surface area contributed by atoms with Crippen molar-refractivity contribution in [2.45, 2.75) is 58.5 Å². The zero-order valence-electron chi connectivity index (χ0n) is 20.3. The highest BCUT2D eigenvalue weighted by Crippen LogP contribution is 2.39. The van der Waals surface area contributed by atoms with E-state index in [0.717, 1.165) is 25.0 Å². The zero-order chi connectivity index (χ0) is 25.8. The lowest BCUT2D eigenvalue weighted by atomic mass is 10.00. The number of hydrogen-bond acceptors (Lipinski definition) is 4. The molecule has 1 heterocycles. The maximum absolute atomic E-state index is 13.7. The first-order valence-electron chi connectivity index (χ1n) is 11.7. The fraction of sp³-hybridized carbons (Fsp3) is 0.462. The number of amides is 2. The molecule has 0 bridgehead atoms. The maximum atomic E-state index is 13.7. The van der Waals surface area contributed by atoms with Crippen molar-refractivity contribution in [1.82, 2.24) is 10.2 Å². The van der Waals surface area contributed by atoms with Gasteiger partial charge in [-0.05, 0) is 42.2 Å². The number of rotatable bonds is 8. The number of nitrogens with one attached hydrogen (secondary N) is 1. The standard InChI is InChI=1S/C26H31F3N2O4/c1-5-6-12-30-24(32)22-20-11-10-19(34-4)14-21(20)35-23(16(2)3)25(33)31(22)15-17-8-7-9-18(13-17)26(27,28)29/h7-11,13-14,16,22-23H,5-6,12,15H2,1-4H3,(H,30,32). The van der Waals surface area contributed by atoms with E-state index in [1.54, 1.807) is 18.2 Å². The molecule has 9 heteroatoms. The van der Waals surface area contributed by atoms with Crippen LogP contribution in [0, 0.1) is 5.92 Å². The van der Waals surface area contributed by atoms with Crippen molar-refractivity contribution in [2.24, 2.45) is 5.92 Å². The Labute approximate surface area is 203 Å². The van der Waals surface area contributed by atoms with Crippen molar-refractivity contribution in [2.75, 3.05) is 13.7 Å². The highest BCUT2D eigenvalue weighted by molar-refractivity contribution is 5.92. The van der Waals surface area contributed by atoms with E-state index >= 15 is 0 Å². The molecular formula is C26H31F3N2O4. The molecule has 0 aliphatic carbocycles. The lowest BCUT2D eigenvalue weighted by Crippen LogP contribution is -2.48. The molecule has 3 rings (SSSR count). The molecule has 0 saturated heterocycles. The van der Waals surface area contributed by atoms with E-state index in [1.807, 2.05) is 20.8 Å². The molecule has 2 aromatic carbocycles. The molecule has 0 fully saturated rings. The number of ether oxygens (including phenoxy) is 2. The van der Waals surface area contributed by atoms with E-state index in [9.17, 15) is 22.8 Å². The molecule has 2 amide bonds. The Balaban J connectivity index is 2.11. The van der Waals surface area contributed by atoms with Crippen LogP contribution in [0.5, 0.6) is 11.5 Å². The molecule has 1 aliphatic heterocycles. The predicted octanol–water partition coefficient (Wildman–Crippen LogP) is 5.12. The largest absolute Gasteiger partial charge is 0.497 e. The first-order valence-corrected chi connectivity index (χ1v) is 11.7. The summed E-state index contributed by atoms with van der Waals surface area (Å²) in [6.07, 6.45) is -3.84. The summed E-state index contributed by atoms with van der Waals surface area (Å²) in [6.45, 7) is 5.84. The summed E-state index contributed by atoms with van der Waals surface area (Å²) in [6, 6.07) is 8.65. The minimum Gasteiger partial charge on any atom is -0.497 e. The predicted molar refractivity (Wildman–Crippen MR) is 125 cm³/mol. The number of nitrogens with zero attached hydrogens (tertiary/aromatic N) is 1. The van der Waals surface area contributed by atoms with Crippen LogP contribution in [0.15, 0.2) is 42.5 Å². The second-order valence-corrected chi connectivity index (χ2v) is 8.90. The van der Waals surface area contributed by atoms with Crippen molar-refractivity contribution in [3.63, 3.8) is 0 Å². The normalized spacial score (nSPS) is 18.1. The summed E-state index contributed by atoms with van der Waals surface area (Å²) in [4.78, 5) is 28.4. The Morgan fingerprint density at radius 3 is 2.57 bits per heavy atom. The van der Waals surface area contributed by atoms with Crippen molar-refractivity contribution >= 4 is 11.8 Å². The van der Waals surface area contributed by atoms with Crippen LogP contribution < -0.4 is 14.8 Å². The topological polar surface area (TPSA) is 67.9 Å². The first kappa shape index (κ1) is 26.4. The number of alkyl halides is 3. The first-order chi connectivity index (χ1) is 16.6. The number of fused-ring (bicyclic) bond motifs is 1. The molecule has 1 N–H and O–H groups in total. The van der Waals surface area contributed by atoms with Crippen molar-refractivity contribution in [1.29, 1.82) is 0 Å². The fourth-order valence-electron chi connectivity index (χ4n) is 4.02. The molecule has 0 aromatic heterocycles. The van der Waals surface area contributed by atoms with E-state index in [2.05, 4.69) is 5.32 Å². The highest BCUT2D eigenvalue weighted by Gasteiger charge is 2.42. The van der Waals surface area contributed by atoms with Crippen LogP contribution in [-0.4, -0.2) is 36.5 Å². The number of unbranched alkanes of at least 4 members (excludes halogenated alkanes) is 1. The number of methoxy groups -OCH3 is 1. The third kappa shape index (κ3) is 6.07. The third-order valence-corrected chi connectivity index (χ3v) is 5.90. The Hall–Kier alpha value is -3.23. The van der Waals surface area contributed by atoms with Gasteiger partial charge in [0, 0.05) is 24.7 Å². The summed E-state index contributed by atoms with van der Waals surface area (Å²) in [7, 11) is 1.50. The van der Waals surface area contributed by atoms with Crippen molar-refractivity contribution < 1.29 is 32.2 Å². The van der Waals surface area contributed by atoms with Gasteiger partial charge in [-0.15, -0.1) is 0 Å². The van der Waals surface area contributed by atoms with Gasteiger partial charge in [0.1, 0.15) is 17.5 Å². The Morgan fingerprint density at radius 1 is 1.20 bits per heavy atom. The van der Waals surface area contributed by atoms with Gasteiger partial charge in [-0.2, -0.15) is 13.2 Å². The van der Waals surface area contributed by atoms with Gasteiger partial charge >= 0.3 is 6.18 Å². The number of carbonyl (C=O) groups is 2. The van der Waals surface area contributed by atoms with E-state index in [1.165, 1.54) is 24.1 Å². The molecule has 6 nitrogen and oxygen atoms in total. The molecule has 1 aliphatic rings. The maximum Gasteiger partial charge on any atom is 0.416 e. The van der Waals surface area contributed by atoms with E-state index in [0.29, 0.717) is 23.6 Å². The smallest absolute Gasteiger partial charge is 0.416 e. The monoisotopic (exact) mass is 492 g/mol. The summed E-state index contributed by atoms with van der Waals surface area (Å²) in [5.41, 5.74) is -0.106. The lowest BCUT2D eigenvalue weighted by molar-refractivity contribution is -0.147. The molecule has 190 valence electrons. The molecule has 2 unspecified atom stereocenters. The van der Waals surface area contributed by atoms with Gasteiger partial charge in [-0.25, -0.2) is 0 Å². The van der Waals surface area contributed by atoms with Gasteiger partial charge in [0.25, 0.3) is 5.91 Å². The van der Waals surface area contributed by atoms with Gasteiger partial charge in [0.05, 0.1) is 12.7 Å². The molecule has 0 radical (unpaired) electrons. The van der Waals surface area contributed by atoms with Gasteiger partial charge in [-0.3, -0.25) is 9.59 Å². The third-order valence-electron chi connectivity index (χ3n) is 5.90. The molecular weight excluding hydrogens is 461 g/mol. The molecule has 35 heavy (non-hydrogen) atoms. The second kappa shape index (κ2) is 11.0. The fourth-order valence-corrected chi connectivity index (χ4v) is 4.02. The van der Waals surface area contributed by atoms with Gasteiger partial charge in [0.2, 0.25) is 5.91 Å². The number of carbonyl (C=O) groups excluding carboxylic acids is 2. The van der Waals surface area contributed by atoms with Crippen LogP contribution in [0.1, 0.15) is 56.3 Å². The summed E-state index contributed by atoms with van der Waals surface area (Å²) in [5, 5.41) is 2.87. The minimum absolute atomic E-state index is 0.188. The average molecular weight is 493 g/mol. The summed E-state index contributed by atoms with van der Waals surface area (Å²) >= 11 is 0. The minimum atomic E-state index is -4.53. The van der Waals surface area contributed by atoms with Crippen molar-refractivity contribution in [3.8, 4) is 11.5 Å². The van der Waals surface area contributed by atoms with Crippen LogP contribution in [0.4, 0.5) is 13.2 Å². The van der Waals surface area contributed by atoms with Crippen LogP contribution in [-0.2, 0) is 22.3 Å². The summed E-state index contributed by atoms with van der Waals surface area (Å²) < 4.78 is 51.4. The molecule has 2 aromatic rings. The second-order valence-electron chi connectivity index (χ2n) is 8.90. The van der Waals surface area contributed by atoms with Crippen molar-refractivity contribution in [3.05, 3.63) is 59.2 Å². The summed E-state index contributed by atoms with van der Waals surface area (Å²) in [5.74, 6) is -0.317. The van der Waals surface area contributed by atoms with Gasteiger partial charge < -0.3 is 19.7 Å². The average Bonchev–Trinajstić information content (AvgIpc) is 2.93. The highest BCUT2D eigenvalue weighted by atomic mass is 19.4. The number of halogens is 3. The molecule has 0 spiro atoms. The van der Waals surface area contributed by atoms with Crippen LogP contribution >= 0.6 is 0 Å². The van der Waals surface area contributed by atoms with Crippen LogP contribution in [0.3, 0.4) is 0 Å². The zero-order valence-corrected chi connectivity index (χ0v) is 20.3. The Bertz CT molecular complexity index is 1060. The molecule has 0 saturated carbocycles. The molecule has 2 atom stereocenters. The number of benzene rings is 2.